The molecule has 0 aromatic carbocycles. The number of rotatable bonds is 4. The fourth-order valence-electron chi connectivity index (χ4n) is 2.38. The summed E-state index contributed by atoms with van der Waals surface area (Å²) < 4.78 is 0. The van der Waals surface area contributed by atoms with Gasteiger partial charge in [0.05, 0.1) is 6.04 Å². The molecule has 1 aliphatic heterocycles. The maximum atomic E-state index is 12.0. The van der Waals surface area contributed by atoms with E-state index in [0.717, 1.165) is 25.8 Å². The Morgan fingerprint density at radius 2 is 2.00 bits per heavy atom. The molecule has 0 radical (unpaired) electrons. The zero-order chi connectivity index (χ0) is 12.1. The molecule has 3 nitrogen and oxygen atoms in total. The van der Waals surface area contributed by atoms with Crippen molar-refractivity contribution in [2.45, 2.75) is 65.0 Å². The Balaban J connectivity index is 0.00000256. The molecule has 2 N–H and O–H groups in total. The Morgan fingerprint density at radius 1 is 1.35 bits per heavy atom. The number of hydrogen-bond acceptors (Lipinski definition) is 2. The molecule has 1 fully saturated rings. The van der Waals surface area contributed by atoms with Crippen LogP contribution in [0.1, 0.15) is 52.9 Å². The lowest BCUT2D eigenvalue weighted by atomic mass is 9.94. The smallest absolute Gasteiger partial charge is 0.239 e. The van der Waals surface area contributed by atoms with Crippen molar-refractivity contribution in [2.75, 3.05) is 6.54 Å². The van der Waals surface area contributed by atoms with Crippen LogP contribution >= 0.6 is 12.4 Å². The summed E-state index contributed by atoms with van der Waals surface area (Å²) >= 11 is 0. The number of amides is 1. The molecule has 0 aliphatic carbocycles. The summed E-state index contributed by atoms with van der Waals surface area (Å²) in [5.41, 5.74) is 5.69. The van der Waals surface area contributed by atoms with Gasteiger partial charge in [-0.15, -0.1) is 12.4 Å². The van der Waals surface area contributed by atoms with E-state index in [1.54, 1.807) is 6.92 Å². The molecule has 0 saturated carbocycles. The molecule has 102 valence electrons. The van der Waals surface area contributed by atoms with Crippen molar-refractivity contribution in [3.05, 3.63) is 0 Å². The van der Waals surface area contributed by atoms with Crippen LogP contribution in [0.3, 0.4) is 0 Å². The van der Waals surface area contributed by atoms with Gasteiger partial charge in [0.1, 0.15) is 0 Å². The van der Waals surface area contributed by atoms with Crippen LogP contribution in [-0.2, 0) is 4.79 Å². The van der Waals surface area contributed by atoms with Crippen LogP contribution in [0.4, 0.5) is 0 Å². The Bertz CT molecular complexity index is 231. The van der Waals surface area contributed by atoms with E-state index < -0.39 is 0 Å². The van der Waals surface area contributed by atoms with Gasteiger partial charge in [-0.05, 0) is 44.9 Å². The summed E-state index contributed by atoms with van der Waals surface area (Å²) in [5.74, 6) is 0.850. The molecule has 17 heavy (non-hydrogen) atoms. The quantitative estimate of drug-likeness (QED) is 0.847. The van der Waals surface area contributed by atoms with E-state index in [1.165, 1.54) is 12.8 Å². The van der Waals surface area contributed by atoms with E-state index >= 15 is 0 Å². The van der Waals surface area contributed by atoms with Crippen molar-refractivity contribution in [3.63, 3.8) is 0 Å². The number of halogens is 1. The third-order valence-electron chi connectivity index (χ3n) is 3.38. The largest absolute Gasteiger partial charge is 0.338 e. The lowest BCUT2D eigenvalue weighted by molar-refractivity contribution is -0.136. The molecule has 1 unspecified atom stereocenters. The van der Waals surface area contributed by atoms with Gasteiger partial charge in [-0.2, -0.15) is 0 Å². The average molecular weight is 263 g/mol. The predicted octanol–water partition coefficient (Wildman–Crippen LogP) is 2.57. The molecule has 4 heteroatoms. The fraction of sp³-hybridized carbons (Fsp3) is 0.923. The molecule has 2 atom stereocenters. The minimum absolute atomic E-state index is 0. The van der Waals surface area contributed by atoms with Gasteiger partial charge < -0.3 is 10.6 Å². The van der Waals surface area contributed by atoms with Gasteiger partial charge >= 0.3 is 0 Å². The highest BCUT2D eigenvalue weighted by atomic mass is 35.5. The third-order valence-corrected chi connectivity index (χ3v) is 3.38. The van der Waals surface area contributed by atoms with Crippen LogP contribution in [0.25, 0.3) is 0 Å². The summed E-state index contributed by atoms with van der Waals surface area (Å²) in [4.78, 5) is 14.0. The lowest BCUT2D eigenvalue weighted by Crippen LogP contribution is -2.49. The summed E-state index contributed by atoms with van der Waals surface area (Å²) in [5, 5.41) is 0. The van der Waals surface area contributed by atoms with Crippen molar-refractivity contribution in [3.8, 4) is 0 Å². The van der Waals surface area contributed by atoms with Crippen molar-refractivity contribution >= 4 is 18.3 Å². The summed E-state index contributed by atoms with van der Waals surface area (Å²) in [6, 6.07) is 0.0919. The molecule has 0 aromatic heterocycles. The van der Waals surface area contributed by atoms with Crippen molar-refractivity contribution < 1.29 is 4.79 Å². The summed E-state index contributed by atoms with van der Waals surface area (Å²) in [6.07, 6.45) is 5.89. The minimum Gasteiger partial charge on any atom is -0.338 e. The fourth-order valence-corrected chi connectivity index (χ4v) is 2.38. The molecular formula is C13H27ClN2O. The minimum atomic E-state index is -0.348. The number of carbonyl (C=O) groups is 1. The van der Waals surface area contributed by atoms with Crippen LogP contribution < -0.4 is 5.73 Å². The number of piperidine rings is 1. The molecule has 1 aliphatic rings. The molecule has 1 heterocycles. The summed E-state index contributed by atoms with van der Waals surface area (Å²) in [7, 11) is 0. The normalized spacial score (nSPS) is 22.2. The van der Waals surface area contributed by atoms with Gasteiger partial charge in [-0.25, -0.2) is 0 Å². The highest BCUT2D eigenvalue weighted by Crippen LogP contribution is 2.23. The first-order chi connectivity index (χ1) is 7.52. The molecule has 0 aromatic rings. The molecular weight excluding hydrogens is 236 g/mol. The van der Waals surface area contributed by atoms with Gasteiger partial charge in [0.2, 0.25) is 5.91 Å². The van der Waals surface area contributed by atoms with Crippen LogP contribution in [0.5, 0.6) is 0 Å². The highest BCUT2D eigenvalue weighted by Gasteiger charge is 2.27. The second-order valence-corrected chi connectivity index (χ2v) is 5.44. The number of hydrogen-bond donors (Lipinski definition) is 1. The number of nitrogens with two attached hydrogens (primary N) is 1. The van der Waals surface area contributed by atoms with Crippen LogP contribution in [0, 0.1) is 5.92 Å². The highest BCUT2D eigenvalue weighted by molar-refractivity contribution is 5.85. The Hall–Kier alpha value is -0.280. The standard InChI is InChI=1S/C13H26N2O.ClH/c1-10(2)7-8-12-6-4-5-9-15(12)13(16)11(3)14;/h10-12H,4-9,14H2,1-3H3;1H/t11-,12?;/m0./s1. The van der Waals surface area contributed by atoms with Gasteiger partial charge in [-0.3, -0.25) is 4.79 Å². The van der Waals surface area contributed by atoms with E-state index in [-0.39, 0.29) is 24.4 Å². The molecule has 1 rings (SSSR count). The molecule has 1 saturated heterocycles. The van der Waals surface area contributed by atoms with Gasteiger partial charge in [0.15, 0.2) is 0 Å². The van der Waals surface area contributed by atoms with Crippen LogP contribution in [-0.4, -0.2) is 29.4 Å². The topological polar surface area (TPSA) is 46.3 Å². The SMILES string of the molecule is CC(C)CCC1CCCCN1C(=O)[C@H](C)N.Cl. The number of carbonyl (C=O) groups excluding carboxylic acids is 1. The zero-order valence-electron chi connectivity index (χ0n) is 11.3. The molecule has 0 bridgehead atoms. The van der Waals surface area contributed by atoms with E-state index in [2.05, 4.69) is 13.8 Å². The van der Waals surface area contributed by atoms with Crippen LogP contribution in [0.15, 0.2) is 0 Å². The third kappa shape index (κ3) is 5.26. The number of nitrogens with zero attached hydrogens (tertiary/aromatic N) is 1. The van der Waals surface area contributed by atoms with Crippen molar-refractivity contribution in [2.24, 2.45) is 11.7 Å². The van der Waals surface area contributed by atoms with Crippen molar-refractivity contribution in [1.82, 2.24) is 4.90 Å². The Labute approximate surface area is 112 Å². The number of likely N-dealkylation sites (tertiary alicyclic amines) is 1. The molecule has 1 amide bonds. The molecule has 0 spiro atoms. The predicted molar refractivity (Wildman–Crippen MR) is 74.3 cm³/mol. The zero-order valence-corrected chi connectivity index (χ0v) is 12.1. The maximum absolute atomic E-state index is 12.0. The van der Waals surface area contributed by atoms with E-state index in [0.29, 0.717) is 12.0 Å². The first-order valence-electron chi connectivity index (χ1n) is 6.58. The van der Waals surface area contributed by atoms with E-state index in [9.17, 15) is 4.79 Å². The van der Waals surface area contributed by atoms with Crippen molar-refractivity contribution in [1.29, 1.82) is 0 Å². The Morgan fingerprint density at radius 3 is 2.53 bits per heavy atom. The second-order valence-electron chi connectivity index (χ2n) is 5.44. The first kappa shape index (κ1) is 16.7. The van der Waals surface area contributed by atoms with Gasteiger partial charge in [0.25, 0.3) is 0 Å². The summed E-state index contributed by atoms with van der Waals surface area (Å²) in [6.45, 7) is 7.17. The Kier molecular flexibility index (Phi) is 7.80. The van der Waals surface area contributed by atoms with Gasteiger partial charge in [-0.1, -0.05) is 13.8 Å². The average Bonchev–Trinajstić information content (AvgIpc) is 2.25. The first-order valence-corrected chi connectivity index (χ1v) is 6.58. The maximum Gasteiger partial charge on any atom is 0.239 e. The monoisotopic (exact) mass is 262 g/mol. The lowest BCUT2D eigenvalue weighted by Gasteiger charge is -2.37. The van der Waals surface area contributed by atoms with E-state index in [1.807, 2.05) is 4.90 Å². The van der Waals surface area contributed by atoms with Crippen LogP contribution in [0.2, 0.25) is 0 Å². The van der Waals surface area contributed by atoms with Gasteiger partial charge in [0, 0.05) is 12.6 Å². The van der Waals surface area contributed by atoms with E-state index in [4.69, 9.17) is 5.73 Å². The second kappa shape index (κ2) is 7.93.